The number of halogens is 1. The molecule has 5 heteroatoms. The molecule has 3 aliphatic rings. The quantitative estimate of drug-likeness (QED) is 0.739. The van der Waals surface area contributed by atoms with E-state index in [2.05, 4.69) is 17.0 Å². The van der Waals surface area contributed by atoms with Crippen molar-refractivity contribution in [3.63, 3.8) is 0 Å². The molecule has 2 fully saturated rings. The van der Waals surface area contributed by atoms with Crippen molar-refractivity contribution < 1.29 is 14.3 Å². The Morgan fingerprint density at radius 3 is 2.46 bits per heavy atom. The molecular weight excluding hydrogens is 374 g/mol. The summed E-state index contributed by atoms with van der Waals surface area (Å²) in [5.74, 6) is 1.85. The summed E-state index contributed by atoms with van der Waals surface area (Å²) >= 11 is 6.07. The first-order valence-electron chi connectivity index (χ1n) is 10.1. The van der Waals surface area contributed by atoms with E-state index in [1.807, 2.05) is 30.3 Å². The zero-order chi connectivity index (χ0) is 19.1. The molecule has 28 heavy (non-hydrogen) atoms. The monoisotopic (exact) mass is 397 g/mol. The lowest BCUT2D eigenvalue weighted by molar-refractivity contribution is -0.142. The molecule has 1 amide bonds. The van der Waals surface area contributed by atoms with Gasteiger partial charge >= 0.3 is 0 Å². The van der Waals surface area contributed by atoms with Crippen molar-refractivity contribution in [2.45, 2.75) is 43.6 Å². The standard InChI is InChI=1S/C23H24ClNO3/c24-18-7-5-17(6-8-18)23(10-2-11-23)22(26)25-12-1-3-19(25)16-4-9-20-21(15-16)28-14-13-27-20/h4-9,15,19H,1-3,10-14H2. The SMILES string of the molecule is O=C(N1CCCC1c1ccc2c(c1)OCCO2)C1(c2ccc(Cl)cc2)CCC1. The first-order valence-corrected chi connectivity index (χ1v) is 10.5. The molecule has 2 aromatic carbocycles. The van der Waals surface area contributed by atoms with Crippen molar-refractivity contribution in [3.8, 4) is 11.5 Å². The van der Waals surface area contributed by atoms with Crippen LogP contribution in [0, 0.1) is 0 Å². The molecule has 0 N–H and O–H groups in total. The third-order valence-electron chi connectivity index (χ3n) is 6.48. The van der Waals surface area contributed by atoms with E-state index in [1.165, 1.54) is 0 Å². The molecule has 2 aliphatic heterocycles. The van der Waals surface area contributed by atoms with Crippen LogP contribution in [0.25, 0.3) is 0 Å². The molecule has 4 nitrogen and oxygen atoms in total. The number of hydrogen-bond donors (Lipinski definition) is 0. The minimum atomic E-state index is -0.388. The Kier molecular flexibility index (Phi) is 4.47. The van der Waals surface area contributed by atoms with E-state index in [-0.39, 0.29) is 17.4 Å². The van der Waals surface area contributed by atoms with Gasteiger partial charge in [0.25, 0.3) is 0 Å². The van der Waals surface area contributed by atoms with Crippen LogP contribution in [0.4, 0.5) is 0 Å². The first-order chi connectivity index (χ1) is 13.7. The number of amides is 1. The Morgan fingerprint density at radius 1 is 1.00 bits per heavy atom. The third-order valence-corrected chi connectivity index (χ3v) is 6.73. The van der Waals surface area contributed by atoms with Gasteiger partial charge in [-0.2, -0.15) is 0 Å². The van der Waals surface area contributed by atoms with Gasteiger partial charge in [-0.3, -0.25) is 4.79 Å². The summed E-state index contributed by atoms with van der Waals surface area (Å²) in [4.78, 5) is 15.8. The Labute approximate surface area is 170 Å². The van der Waals surface area contributed by atoms with E-state index >= 15 is 0 Å². The molecule has 146 valence electrons. The molecular formula is C23H24ClNO3. The van der Waals surface area contributed by atoms with Crippen LogP contribution in [-0.2, 0) is 10.2 Å². The van der Waals surface area contributed by atoms with Gasteiger partial charge in [0.15, 0.2) is 11.5 Å². The summed E-state index contributed by atoms with van der Waals surface area (Å²) in [6.07, 6.45) is 4.94. The Bertz CT molecular complexity index is 891. The summed E-state index contributed by atoms with van der Waals surface area (Å²) in [5.41, 5.74) is 1.85. The average Bonchev–Trinajstić information content (AvgIpc) is 3.18. The lowest BCUT2D eigenvalue weighted by atomic mass is 9.63. The highest BCUT2D eigenvalue weighted by atomic mass is 35.5. The zero-order valence-electron chi connectivity index (χ0n) is 15.8. The lowest BCUT2D eigenvalue weighted by Crippen LogP contribution is -2.50. The van der Waals surface area contributed by atoms with Gasteiger partial charge in [-0.05, 0) is 61.1 Å². The van der Waals surface area contributed by atoms with E-state index in [1.54, 1.807) is 0 Å². The van der Waals surface area contributed by atoms with Crippen molar-refractivity contribution in [3.05, 3.63) is 58.6 Å². The van der Waals surface area contributed by atoms with Crippen molar-refractivity contribution >= 4 is 17.5 Å². The molecule has 0 spiro atoms. The van der Waals surface area contributed by atoms with Gasteiger partial charge in [0, 0.05) is 11.6 Å². The topological polar surface area (TPSA) is 38.8 Å². The number of nitrogens with zero attached hydrogens (tertiary/aromatic N) is 1. The van der Waals surface area contributed by atoms with Crippen molar-refractivity contribution in [1.29, 1.82) is 0 Å². The maximum Gasteiger partial charge on any atom is 0.233 e. The van der Waals surface area contributed by atoms with Gasteiger partial charge in [0.1, 0.15) is 13.2 Å². The van der Waals surface area contributed by atoms with Crippen LogP contribution in [0.1, 0.15) is 49.3 Å². The number of fused-ring (bicyclic) bond motifs is 1. The Balaban J connectivity index is 1.44. The number of hydrogen-bond acceptors (Lipinski definition) is 3. The summed E-state index contributed by atoms with van der Waals surface area (Å²) in [7, 11) is 0. The number of likely N-dealkylation sites (tertiary alicyclic amines) is 1. The van der Waals surface area contributed by atoms with Crippen LogP contribution in [0.3, 0.4) is 0 Å². The van der Waals surface area contributed by atoms with Crippen LogP contribution in [0.5, 0.6) is 11.5 Å². The average molecular weight is 398 g/mol. The largest absolute Gasteiger partial charge is 0.486 e. The predicted octanol–water partition coefficient (Wildman–Crippen LogP) is 4.90. The highest BCUT2D eigenvalue weighted by Gasteiger charge is 2.49. The maximum absolute atomic E-state index is 13.7. The number of carbonyl (C=O) groups is 1. The van der Waals surface area contributed by atoms with E-state index in [9.17, 15) is 4.79 Å². The van der Waals surface area contributed by atoms with Crippen molar-refractivity contribution in [2.24, 2.45) is 0 Å². The summed E-state index contributed by atoms with van der Waals surface area (Å²) in [6, 6.07) is 14.1. The van der Waals surface area contributed by atoms with Crippen LogP contribution in [0.15, 0.2) is 42.5 Å². The molecule has 1 saturated carbocycles. The second-order valence-corrected chi connectivity index (χ2v) is 8.44. The molecule has 0 aromatic heterocycles. The number of benzene rings is 2. The molecule has 5 rings (SSSR count). The first kappa shape index (κ1) is 17.9. The molecule has 0 bridgehead atoms. The summed E-state index contributed by atoms with van der Waals surface area (Å²) in [6.45, 7) is 1.97. The third kappa shape index (κ3) is 2.86. The number of ether oxygens (including phenoxy) is 2. The molecule has 0 radical (unpaired) electrons. The van der Waals surface area contributed by atoms with Gasteiger partial charge < -0.3 is 14.4 Å². The van der Waals surface area contributed by atoms with E-state index in [0.29, 0.717) is 18.2 Å². The van der Waals surface area contributed by atoms with Crippen molar-refractivity contribution in [1.82, 2.24) is 4.90 Å². The second kappa shape index (κ2) is 7.00. The summed E-state index contributed by atoms with van der Waals surface area (Å²) < 4.78 is 11.4. The Hall–Kier alpha value is -2.20. The van der Waals surface area contributed by atoms with Gasteiger partial charge in [-0.25, -0.2) is 0 Å². The molecule has 1 unspecified atom stereocenters. The van der Waals surface area contributed by atoms with Crippen LogP contribution >= 0.6 is 11.6 Å². The molecule has 2 heterocycles. The van der Waals surface area contributed by atoms with E-state index < -0.39 is 0 Å². The van der Waals surface area contributed by atoms with Gasteiger partial charge in [-0.1, -0.05) is 36.2 Å². The molecule has 1 atom stereocenters. The fourth-order valence-electron chi connectivity index (χ4n) is 4.82. The van der Waals surface area contributed by atoms with Gasteiger partial charge in [-0.15, -0.1) is 0 Å². The second-order valence-electron chi connectivity index (χ2n) is 8.00. The summed E-state index contributed by atoms with van der Waals surface area (Å²) in [5, 5.41) is 0.709. The lowest BCUT2D eigenvalue weighted by Gasteiger charge is -2.44. The minimum absolute atomic E-state index is 0.105. The van der Waals surface area contributed by atoms with E-state index in [0.717, 1.165) is 61.3 Å². The fraction of sp³-hybridized carbons (Fsp3) is 0.435. The fourth-order valence-corrected chi connectivity index (χ4v) is 4.95. The molecule has 1 aliphatic carbocycles. The number of carbonyl (C=O) groups excluding carboxylic acids is 1. The smallest absolute Gasteiger partial charge is 0.233 e. The van der Waals surface area contributed by atoms with Crippen LogP contribution in [-0.4, -0.2) is 30.6 Å². The predicted molar refractivity (Wildman–Crippen MR) is 108 cm³/mol. The normalized spacial score (nSPS) is 22.6. The molecule has 2 aromatic rings. The van der Waals surface area contributed by atoms with Crippen molar-refractivity contribution in [2.75, 3.05) is 19.8 Å². The van der Waals surface area contributed by atoms with Gasteiger partial charge in [0.05, 0.1) is 11.5 Å². The van der Waals surface area contributed by atoms with Crippen LogP contribution in [0.2, 0.25) is 5.02 Å². The number of rotatable bonds is 3. The van der Waals surface area contributed by atoms with Gasteiger partial charge in [0.2, 0.25) is 5.91 Å². The minimum Gasteiger partial charge on any atom is -0.486 e. The van der Waals surface area contributed by atoms with Crippen LogP contribution < -0.4 is 9.47 Å². The van der Waals surface area contributed by atoms with E-state index in [4.69, 9.17) is 21.1 Å². The maximum atomic E-state index is 13.7. The molecule has 1 saturated heterocycles. The Morgan fingerprint density at radius 2 is 1.75 bits per heavy atom. The zero-order valence-corrected chi connectivity index (χ0v) is 16.6. The highest BCUT2D eigenvalue weighted by molar-refractivity contribution is 6.30. The highest BCUT2D eigenvalue weighted by Crippen LogP contribution is 2.48.